The molecule has 7 nitrogen and oxygen atoms in total. The van der Waals surface area contributed by atoms with Crippen molar-refractivity contribution in [2.75, 3.05) is 5.32 Å². The van der Waals surface area contributed by atoms with Gasteiger partial charge in [0.2, 0.25) is 11.0 Å². The highest BCUT2D eigenvalue weighted by atomic mass is 32.1. The lowest BCUT2D eigenvalue weighted by atomic mass is 9.49. The van der Waals surface area contributed by atoms with Gasteiger partial charge in [-0.15, -0.1) is 10.2 Å². The van der Waals surface area contributed by atoms with Crippen molar-refractivity contribution in [2.24, 2.45) is 23.2 Å². The highest BCUT2D eigenvalue weighted by molar-refractivity contribution is 7.18. The van der Waals surface area contributed by atoms with Gasteiger partial charge >= 0.3 is 0 Å². The Kier molecular flexibility index (Phi) is 3.79. The van der Waals surface area contributed by atoms with E-state index in [1.807, 2.05) is 0 Å². The minimum Gasteiger partial charge on any atom is -0.300 e. The topological polar surface area (TPSA) is 98.0 Å². The van der Waals surface area contributed by atoms with E-state index < -0.39 is 4.92 Å². The van der Waals surface area contributed by atoms with Gasteiger partial charge in [0.25, 0.3) is 5.69 Å². The average Bonchev–Trinajstić information content (AvgIpc) is 3.09. The Labute approximate surface area is 160 Å². The number of amides is 1. The van der Waals surface area contributed by atoms with Crippen LogP contribution in [-0.4, -0.2) is 21.0 Å². The summed E-state index contributed by atoms with van der Waals surface area (Å²) < 4.78 is 0. The van der Waals surface area contributed by atoms with Gasteiger partial charge in [-0.25, -0.2) is 0 Å². The number of carbonyl (C=O) groups excluding carboxylic acids is 1. The van der Waals surface area contributed by atoms with Crippen molar-refractivity contribution in [1.29, 1.82) is 0 Å². The first-order valence-electron chi connectivity index (χ1n) is 9.40. The van der Waals surface area contributed by atoms with Crippen LogP contribution in [0.1, 0.15) is 38.5 Å². The van der Waals surface area contributed by atoms with Gasteiger partial charge in [-0.3, -0.25) is 14.9 Å². The number of nitrogens with one attached hydrogen (secondary N) is 1. The first-order chi connectivity index (χ1) is 13.0. The van der Waals surface area contributed by atoms with Crippen LogP contribution in [-0.2, 0) is 4.79 Å². The maximum atomic E-state index is 13.1. The number of hydrogen-bond donors (Lipinski definition) is 1. The summed E-state index contributed by atoms with van der Waals surface area (Å²) in [7, 11) is 0. The number of aromatic nitrogens is 2. The molecule has 6 rings (SSSR count). The molecule has 0 radical (unpaired) electrons. The fourth-order valence-electron chi connectivity index (χ4n) is 5.73. The molecule has 1 aromatic carbocycles. The SMILES string of the molecule is O=C(Nc1nnc(-c2ccc([N+](=O)[O-])cc2)s1)C12CC3CC(CC(C3)C1)C2. The molecular weight excluding hydrogens is 364 g/mol. The minimum absolute atomic E-state index is 0.0404. The third kappa shape index (κ3) is 2.92. The lowest BCUT2D eigenvalue weighted by Crippen LogP contribution is -2.51. The van der Waals surface area contributed by atoms with E-state index in [2.05, 4.69) is 15.5 Å². The summed E-state index contributed by atoms with van der Waals surface area (Å²) >= 11 is 1.31. The van der Waals surface area contributed by atoms with E-state index >= 15 is 0 Å². The summed E-state index contributed by atoms with van der Waals surface area (Å²) in [6.45, 7) is 0. The lowest BCUT2D eigenvalue weighted by Gasteiger charge is -2.55. The Morgan fingerprint density at radius 2 is 1.67 bits per heavy atom. The predicted molar refractivity (Wildman–Crippen MR) is 101 cm³/mol. The van der Waals surface area contributed by atoms with Gasteiger partial charge in [0.15, 0.2) is 0 Å². The van der Waals surface area contributed by atoms with E-state index in [0.717, 1.165) is 24.8 Å². The van der Waals surface area contributed by atoms with E-state index in [0.29, 0.717) is 27.9 Å². The van der Waals surface area contributed by atoms with Crippen molar-refractivity contribution in [3.05, 3.63) is 34.4 Å². The number of hydrogen-bond acceptors (Lipinski definition) is 6. The zero-order valence-corrected chi connectivity index (χ0v) is 15.6. The molecule has 1 aromatic heterocycles. The van der Waals surface area contributed by atoms with Crippen LogP contribution < -0.4 is 5.32 Å². The Balaban J connectivity index is 1.32. The van der Waals surface area contributed by atoms with Crippen molar-refractivity contribution in [1.82, 2.24) is 10.2 Å². The molecule has 4 aliphatic carbocycles. The highest BCUT2D eigenvalue weighted by Crippen LogP contribution is 2.60. The van der Waals surface area contributed by atoms with E-state index in [4.69, 9.17) is 0 Å². The summed E-state index contributed by atoms with van der Waals surface area (Å²) in [5, 5.41) is 23.2. The van der Waals surface area contributed by atoms with Crippen molar-refractivity contribution in [2.45, 2.75) is 38.5 Å². The fourth-order valence-corrected chi connectivity index (χ4v) is 6.48. The predicted octanol–water partition coefficient (Wildman–Crippen LogP) is 4.27. The van der Waals surface area contributed by atoms with Crippen LogP contribution in [0.15, 0.2) is 24.3 Å². The molecule has 0 saturated heterocycles. The molecule has 2 aromatic rings. The van der Waals surface area contributed by atoms with Crippen molar-refractivity contribution in [3.63, 3.8) is 0 Å². The summed E-state index contributed by atoms with van der Waals surface area (Å²) in [6.07, 6.45) is 6.94. The summed E-state index contributed by atoms with van der Waals surface area (Å²) in [5.41, 5.74) is 0.584. The number of non-ortho nitro benzene ring substituents is 1. The highest BCUT2D eigenvalue weighted by Gasteiger charge is 2.54. The van der Waals surface area contributed by atoms with Gasteiger partial charge in [-0.1, -0.05) is 11.3 Å². The number of nitrogens with zero attached hydrogens (tertiary/aromatic N) is 3. The first-order valence-corrected chi connectivity index (χ1v) is 10.2. The number of rotatable bonds is 4. The van der Waals surface area contributed by atoms with Gasteiger partial charge in [0, 0.05) is 17.7 Å². The molecule has 1 N–H and O–H groups in total. The first kappa shape index (κ1) is 16.8. The summed E-state index contributed by atoms with van der Waals surface area (Å²) in [4.78, 5) is 23.4. The van der Waals surface area contributed by atoms with Crippen molar-refractivity contribution >= 4 is 28.1 Å². The van der Waals surface area contributed by atoms with Crippen LogP contribution in [0.5, 0.6) is 0 Å². The molecule has 1 amide bonds. The van der Waals surface area contributed by atoms with Crippen molar-refractivity contribution < 1.29 is 9.72 Å². The van der Waals surface area contributed by atoms with Gasteiger partial charge < -0.3 is 5.32 Å². The molecule has 1 heterocycles. The van der Waals surface area contributed by atoms with Crippen molar-refractivity contribution in [3.8, 4) is 10.6 Å². The number of carbonyl (C=O) groups is 1. The Morgan fingerprint density at radius 1 is 1.07 bits per heavy atom. The molecule has 4 fully saturated rings. The maximum absolute atomic E-state index is 13.1. The molecule has 0 spiro atoms. The second kappa shape index (κ2) is 6.09. The normalized spacial score (nSPS) is 31.0. The average molecular weight is 384 g/mol. The monoisotopic (exact) mass is 384 g/mol. The number of benzene rings is 1. The van der Waals surface area contributed by atoms with E-state index in [-0.39, 0.29) is 17.0 Å². The van der Waals surface area contributed by atoms with Crippen LogP contribution in [0.4, 0.5) is 10.8 Å². The zero-order chi connectivity index (χ0) is 18.6. The van der Waals surface area contributed by atoms with Crippen LogP contribution in [0.25, 0.3) is 10.6 Å². The standard InChI is InChI=1S/C19H20N4O3S/c24-17(19-8-11-5-12(9-19)7-13(6-11)10-19)20-18-22-21-16(27-18)14-1-3-15(4-2-14)23(25)26/h1-4,11-13H,5-10H2,(H,20,22,24). The van der Waals surface area contributed by atoms with E-state index in [1.54, 1.807) is 12.1 Å². The second-order valence-corrected chi connectivity index (χ2v) is 9.35. The summed E-state index contributed by atoms with van der Waals surface area (Å²) in [5.74, 6) is 2.25. The largest absolute Gasteiger partial charge is 0.300 e. The van der Waals surface area contributed by atoms with Gasteiger partial charge in [-0.05, 0) is 68.4 Å². The molecule has 0 aliphatic heterocycles. The Hall–Kier alpha value is -2.35. The van der Waals surface area contributed by atoms with Crippen LogP contribution >= 0.6 is 11.3 Å². The second-order valence-electron chi connectivity index (χ2n) is 8.37. The molecule has 0 atom stereocenters. The molecule has 8 heteroatoms. The van der Waals surface area contributed by atoms with E-state index in [9.17, 15) is 14.9 Å². The molecule has 4 aliphatic rings. The molecular formula is C19H20N4O3S. The van der Waals surface area contributed by atoms with Gasteiger partial charge in [0.05, 0.1) is 10.3 Å². The molecule has 4 bridgehead atoms. The van der Waals surface area contributed by atoms with Crippen LogP contribution in [0.3, 0.4) is 0 Å². The van der Waals surface area contributed by atoms with Gasteiger partial charge in [0.1, 0.15) is 5.01 Å². The third-order valence-electron chi connectivity index (χ3n) is 6.49. The van der Waals surface area contributed by atoms with Crippen LogP contribution in [0, 0.1) is 33.3 Å². The van der Waals surface area contributed by atoms with Crippen LogP contribution in [0.2, 0.25) is 0 Å². The number of anilines is 1. The number of nitro groups is 1. The lowest BCUT2D eigenvalue weighted by molar-refractivity contribution is -0.384. The molecule has 27 heavy (non-hydrogen) atoms. The molecule has 0 unspecified atom stereocenters. The molecule has 140 valence electrons. The van der Waals surface area contributed by atoms with E-state index in [1.165, 1.54) is 42.7 Å². The quantitative estimate of drug-likeness (QED) is 0.627. The number of nitro benzene ring substituents is 1. The third-order valence-corrected chi connectivity index (χ3v) is 7.38. The Bertz CT molecular complexity index is 873. The maximum Gasteiger partial charge on any atom is 0.269 e. The minimum atomic E-state index is -0.430. The zero-order valence-electron chi connectivity index (χ0n) is 14.8. The van der Waals surface area contributed by atoms with Gasteiger partial charge in [-0.2, -0.15) is 0 Å². The summed E-state index contributed by atoms with van der Waals surface area (Å²) in [6, 6.07) is 6.21. The molecule has 4 saturated carbocycles. The smallest absolute Gasteiger partial charge is 0.269 e. The fraction of sp³-hybridized carbons (Fsp3) is 0.526. The Morgan fingerprint density at radius 3 is 2.22 bits per heavy atom.